The molecule has 0 fully saturated rings. The van der Waals surface area contributed by atoms with Crippen molar-refractivity contribution >= 4 is 17.3 Å². The minimum atomic E-state index is -3.67. The van der Waals surface area contributed by atoms with Gasteiger partial charge in [0.15, 0.2) is 0 Å². The first kappa shape index (κ1) is 13.0. The lowest BCUT2D eigenvalue weighted by Crippen LogP contribution is -2.26. The number of hydrogen-bond donors (Lipinski definition) is 2. The van der Waals surface area contributed by atoms with Crippen LogP contribution >= 0.6 is 0 Å². The fourth-order valence-corrected chi connectivity index (χ4v) is 2.09. The zero-order valence-corrected chi connectivity index (χ0v) is 9.68. The number of hydrogen-bond acceptors (Lipinski definition) is 5. The van der Waals surface area contributed by atoms with Crippen molar-refractivity contribution in [1.29, 1.82) is 0 Å². The molecule has 2 N–H and O–H groups in total. The van der Waals surface area contributed by atoms with Gasteiger partial charge in [-0.15, -0.1) is 0 Å². The van der Waals surface area contributed by atoms with Crippen molar-refractivity contribution in [1.82, 2.24) is 4.31 Å². The molecule has 0 aliphatic heterocycles. The third kappa shape index (κ3) is 2.73. The molecule has 0 aliphatic rings. The molecule has 0 amide bonds. The molecular formula is C8H12BNO5S. The summed E-state index contributed by atoms with van der Waals surface area (Å²) in [6, 6.07) is 5.72. The molecule has 1 aromatic rings. The quantitative estimate of drug-likeness (QED) is 0.684. The maximum absolute atomic E-state index is 11.8. The number of sulfonamides is 1. The molecule has 0 radical (unpaired) electrons. The van der Waals surface area contributed by atoms with E-state index in [0.29, 0.717) is 0 Å². The standard InChI is InChI=1S/C8H12BNO5S/c1-10(2)16(13,14)8-6-4-3-5-7(8)15-9(11)12/h3-6,11-12H,1-2H3. The number of rotatable bonds is 4. The van der Waals surface area contributed by atoms with Crippen molar-refractivity contribution in [3.63, 3.8) is 0 Å². The summed E-state index contributed by atoms with van der Waals surface area (Å²) < 4.78 is 29.2. The molecule has 0 aliphatic carbocycles. The predicted octanol–water partition coefficient (Wildman–Crippen LogP) is -0.715. The van der Waals surface area contributed by atoms with Crippen LogP contribution in [-0.4, -0.2) is 44.2 Å². The Morgan fingerprint density at radius 2 is 1.81 bits per heavy atom. The Kier molecular flexibility index (Phi) is 3.92. The first-order valence-electron chi connectivity index (χ1n) is 4.40. The summed E-state index contributed by atoms with van der Waals surface area (Å²) in [4.78, 5) is -0.117. The molecule has 0 aromatic heterocycles. The Bertz CT molecular complexity index is 459. The Hall–Kier alpha value is -1.09. The normalized spacial score (nSPS) is 11.6. The largest absolute Gasteiger partial charge is 0.707 e. The third-order valence-electron chi connectivity index (χ3n) is 1.84. The van der Waals surface area contributed by atoms with E-state index in [-0.39, 0.29) is 10.6 Å². The second-order valence-corrected chi connectivity index (χ2v) is 5.30. The van der Waals surface area contributed by atoms with Gasteiger partial charge in [-0.05, 0) is 12.1 Å². The van der Waals surface area contributed by atoms with Crippen molar-refractivity contribution < 1.29 is 23.1 Å². The van der Waals surface area contributed by atoms with Gasteiger partial charge in [0.25, 0.3) is 0 Å². The summed E-state index contributed by atoms with van der Waals surface area (Å²) in [5.41, 5.74) is 0. The Morgan fingerprint density at radius 3 is 2.31 bits per heavy atom. The Labute approximate surface area is 94.3 Å². The lowest BCUT2D eigenvalue weighted by atomic mass is 10.2. The Morgan fingerprint density at radius 1 is 1.25 bits per heavy atom. The topological polar surface area (TPSA) is 87.1 Å². The van der Waals surface area contributed by atoms with Crippen molar-refractivity contribution in [2.45, 2.75) is 4.90 Å². The molecule has 8 heteroatoms. The zero-order chi connectivity index (χ0) is 12.3. The molecule has 0 spiro atoms. The van der Waals surface area contributed by atoms with Crippen LogP contribution in [0.25, 0.3) is 0 Å². The van der Waals surface area contributed by atoms with E-state index in [1.165, 1.54) is 38.4 Å². The van der Waals surface area contributed by atoms with Crippen LogP contribution in [0.1, 0.15) is 0 Å². The second-order valence-electron chi connectivity index (χ2n) is 3.18. The average molecular weight is 245 g/mol. The van der Waals surface area contributed by atoms with Crippen molar-refractivity contribution in [2.75, 3.05) is 14.1 Å². The summed E-state index contributed by atoms with van der Waals surface area (Å²) >= 11 is 0. The van der Waals surface area contributed by atoms with Crippen LogP contribution in [0.3, 0.4) is 0 Å². The van der Waals surface area contributed by atoms with Gasteiger partial charge >= 0.3 is 7.32 Å². The van der Waals surface area contributed by atoms with E-state index in [1.807, 2.05) is 0 Å². The molecule has 1 aromatic carbocycles. The fourth-order valence-electron chi connectivity index (χ4n) is 1.07. The number of para-hydroxylation sites is 1. The van der Waals surface area contributed by atoms with Gasteiger partial charge in [0.1, 0.15) is 10.6 Å². The highest BCUT2D eigenvalue weighted by Crippen LogP contribution is 2.25. The summed E-state index contributed by atoms with van der Waals surface area (Å²) in [5.74, 6) is -0.105. The van der Waals surface area contributed by atoms with Gasteiger partial charge < -0.3 is 14.7 Å². The summed E-state index contributed by atoms with van der Waals surface area (Å²) in [6.07, 6.45) is 0. The first-order chi connectivity index (χ1) is 7.35. The van der Waals surface area contributed by atoms with Crippen LogP contribution in [0, 0.1) is 0 Å². The maximum atomic E-state index is 11.8. The van der Waals surface area contributed by atoms with Crippen LogP contribution in [0.5, 0.6) is 5.75 Å². The van der Waals surface area contributed by atoms with E-state index < -0.39 is 17.3 Å². The molecule has 0 saturated heterocycles. The van der Waals surface area contributed by atoms with E-state index in [9.17, 15) is 8.42 Å². The van der Waals surface area contributed by atoms with Gasteiger partial charge in [0, 0.05) is 14.1 Å². The van der Waals surface area contributed by atoms with Crippen molar-refractivity contribution in [2.24, 2.45) is 0 Å². The monoisotopic (exact) mass is 245 g/mol. The van der Waals surface area contributed by atoms with Gasteiger partial charge in [-0.2, -0.15) is 0 Å². The van der Waals surface area contributed by atoms with Crippen LogP contribution in [-0.2, 0) is 10.0 Å². The SMILES string of the molecule is CN(C)S(=O)(=O)c1ccccc1OB(O)O. The third-order valence-corrected chi connectivity index (χ3v) is 3.69. The molecular weight excluding hydrogens is 233 g/mol. The van der Waals surface area contributed by atoms with Crippen molar-refractivity contribution in [3.05, 3.63) is 24.3 Å². The highest BCUT2D eigenvalue weighted by Gasteiger charge is 2.24. The van der Waals surface area contributed by atoms with E-state index in [1.54, 1.807) is 0 Å². The predicted molar refractivity (Wildman–Crippen MR) is 58.1 cm³/mol. The van der Waals surface area contributed by atoms with E-state index in [4.69, 9.17) is 10.0 Å². The zero-order valence-electron chi connectivity index (χ0n) is 8.86. The average Bonchev–Trinajstić information content (AvgIpc) is 2.17. The van der Waals surface area contributed by atoms with Gasteiger partial charge in [-0.25, -0.2) is 12.7 Å². The molecule has 0 heterocycles. The molecule has 88 valence electrons. The molecule has 0 atom stereocenters. The lowest BCUT2D eigenvalue weighted by molar-refractivity contribution is 0.285. The van der Waals surface area contributed by atoms with Crippen LogP contribution in [0.15, 0.2) is 29.2 Å². The van der Waals surface area contributed by atoms with E-state index in [2.05, 4.69) is 4.65 Å². The minimum absolute atomic E-state index is 0.105. The van der Waals surface area contributed by atoms with Crippen molar-refractivity contribution in [3.8, 4) is 5.75 Å². The Balaban J connectivity index is 3.24. The van der Waals surface area contributed by atoms with Crippen LogP contribution < -0.4 is 4.65 Å². The summed E-state index contributed by atoms with van der Waals surface area (Å²) in [5, 5.41) is 17.3. The maximum Gasteiger partial charge on any atom is 0.707 e. The van der Waals surface area contributed by atoms with Gasteiger partial charge in [0.05, 0.1) is 0 Å². The number of benzene rings is 1. The van der Waals surface area contributed by atoms with Gasteiger partial charge in [0.2, 0.25) is 10.0 Å². The van der Waals surface area contributed by atoms with Crippen LogP contribution in [0.2, 0.25) is 0 Å². The van der Waals surface area contributed by atoms with Crippen LogP contribution in [0.4, 0.5) is 0 Å². The molecule has 0 unspecified atom stereocenters. The van der Waals surface area contributed by atoms with E-state index in [0.717, 1.165) is 4.31 Å². The minimum Gasteiger partial charge on any atom is -0.511 e. The lowest BCUT2D eigenvalue weighted by Gasteiger charge is -2.15. The second kappa shape index (κ2) is 4.83. The molecule has 1 rings (SSSR count). The summed E-state index contributed by atoms with van der Waals surface area (Å²) in [6.45, 7) is 0. The highest BCUT2D eigenvalue weighted by atomic mass is 32.2. The summed E-state index contributed by atoms with van der Waals surface area (Å²) in [7, 11) is -2.97. The van der Waals surface area contributed by atoms with Gasteiger partial charge in [-0.1, -0.05) is 12.1 Å². The smallest absolute Gasteiger partial charge is 0.511 e. The number of nitrogens with zero attached hydrogens (tertiary/aromatic N) is 1. The molecule has 6 nitrogen and oxygen atoms in total. The fraction of sp³-hybridized carbons (Fsp3) is 0.250. The molecule has 16 heavy (non-hydrogen) atoms. The molecule has 0 bridgehead atoms. The van der Waals surface area contributed by atoms with E-state index >= 15 is 0 Å². The first-order valence-corrected chi connectivity index (χ1v) is 5.84. The molecule has 0 saturated carbocycles. The highest BCUT2D eigenvalue weighted by molar-refractivity contribution is 7.89. The van der Waals surface area contributed by atoms with Gasteiger partial charge in [-0.3, -0.25) is 0 Å².